The molecule has 0 saturated carbocycles. The molecule has 2 saturated heterocycles. The molecule has 2 fully saturated rings. The van der Waals surface area contributed by atoms with Gasteiger partial charge in [0.05, 0.1) is 11.7 Å². The smallest absolute Gasteiger partial charge is 0.312 e. The maximum atomic E-state index is 11.9. The van der Waals surface area contributed by atoms with Gasteiger partial charge in [-0.05, 0) is 12.8 Å². The zero-order valence-corrected chi connectivity index (χ0v) is 11.3. The molecule has 0 aromatic rings. The molecule has 1 atom stereocenters. The normalized spacial score (nSPS) is 28.6. The Balaban J connectivity index is 2.02. The molecular formula is C11H19NO5S. The van der Waals surface area contributed by atoms with Gasteiger partial charge in [-0.3, -0.25) is 4.79 Å². The third-order valence-electron chi connectivity index (χ3n) is 3.92. The van der Waals surface area contributed by atoms with Gasteiger partial charge in [0.1, 0.15) is 6.10 Å². The van der Waals surface area contributed by atoms with Crippen molar-refractivity contribution in [2.75, 3.05) is 26.0 Å². The fourth-order valence-corrected chi connectivity index (χ4v) is 3.64. The number of sulfonamides is 1. The van der Waals surface area contributed by atoms with Crippen LogP contribution in [0.5, 0.6) is 0 Å². The molecule has 2 heterocycles. The van der Waals surface area contributed by atoms with Crippen LogP contribution in [0, 0.1) is 5.41 Å². The lowest BCUT2D eigenvalue weighted by molar-refractivity contribution is -0.150. The fraction of sp³-hybridized carbons (Fsp3) is 0.909. The number of aliphatic hydroxyl groups excluding tert-OH is 1. The minimum absolute atomic E-state index is 0.00346. The van der Waals surface area contributed by atoms with Crippen molar-refractivity contribution >= 4 is 16.0 Å². The van der Waals surface area contributed by atoms with Crippen molar-refractivity contribution in [2.24, 2.45) is 5.41 Å². The summed E-state index contributed by atoms with van der Waals surface area (Å²) in [5.41, 5.74) is -0.527. The van der Waals surface area contributed by atoms with Crippen LogP contribution in [-0.4, -0.2) is 55.9 Å². The molecule has 0 unspecified atom stereocenters. The summed E-state index contributed by atoms with van der Waals surface area (Å²) >= 11 is 0. The van der Waals surface area contributed by atoms with Gasteiger partial charge in [0, 0.05) is 32.5 Å². The minimum atomic E-state index is -3.17. The third kappa shape index (κ3) is 2.53. The number of esters is 1. The van der Waals surface area contributed by atoms with Gasteiger partial charge in [0.25, 0.3) is 0 Å². The number of hydrogen-bond donors (Lipinski definition) is 1. The van der Waals surface area contributed by atoms with Crippen LogP contribution in [0.3, 0.4) is 0 Å². The zero-order chi connectivity index (χ0) is 13.4. The number of hydrogen-bond acceptors (Lipinski definition) is 5. The zero-order valence-electron chi connectivity index (χ0n) is 10.5. The Morgan fingerprint density at radius 3 is 2.56 bits per heavy atom. The molecule has 104 valence electrons. The lowest BCUT2D eigenvalue weighted by Crippen LogP contribution is -2.44. The quantitative estimate of drug-likeness (QED) is 0.718. The molecule has 2 aliphatic rings. The van der Waals surface area contributed by atoms with Crippen LogP contribution < -0.4 is 0 Å². The van der Waals surface area contributed by atoms with Crippen molar-refractivity contribution in [2.45, 2.75) is 31.8 Å². The van der Waals surface area contributed by atoms with Crippen LogP contribution in [0.2, 0.25) is 0 Å². The summed E-state index contributed by atoms with van der Waals surface area (Å²) in [6.07, 6.45) is 3.06. The number of carbonyl (C=O) groups excluding carboxylic acids is 1. The highest BCUT2D eigenvalue weighted by Gasteiger charge is 2.50. The summed E-state index contributed by atoms with van der Waals surface area (Å²) < 4.78 is 29.5. The van der Waals surface area contributed by atoms with Crippen LogP contribution in [0.4, 0.5) is 0 Å². The molecule has 1 N–H and O–H groups in total. The van der Waals surface area contributed by atoms with Crippen LogP contribution in [-0.2, 0) is 19.6 Å². The Morgan fingerprint density at radius 1 is 1.44 bits per heavy atom. The van der Waals surface area contributed by atoms with Crippen molar-refractivity contribution in [1.82, 2.24) is 4.31 Å². The summed E-state index contributed by atoms with van der Waals surface area (Å²) in [7, 11) is -3.17. The highest BCUT2D eigenvalue weighted by molar-refractivity contribution is 7.88. The fourth-order valence-electron chi connectivity index (χ4n) is 2.80. The van der Waals surface area contributed by atoms with E-state index in [1.54, 1.807) is 0 Å². The number of aliphatic hydroxyl groups is 1. The molecule has 0 aliphatic carbocycles. The second-order valence-corrected chi connectivity index (χ2v) is 7.17. The van der Waals surface area contributed by atoms with Crippen molar-refractivity contribution in [3.63, 3.8) is 0 Å². The molecule has 0 aromatic carbocycles. The molecule has 2 rings (SSSR count). The average molecular weight is 277 g/mol. The summed E-state index contributed by atoms with van der Waals surface area (Å²) in [5.74, 6) is -0.228. The van der Waals surface area contributed by atoms with Crippen LogP contribution in [0.1, 0.15) is 25.7 Å². The Morgan fingerprint density at radius 2 is 2.06 bits per heavy atom. The molecule has 0 aromatic heterocycles. The van der Waals surface area contributed by atoms with E-state index in [9.17, 15) is 13.2 Å². The standard InChI is InChI=1S/C11H19NO5S/c1-18(15,16)12-5-3-11(4-6-12)8-9(2-7-13)17-10(11)14/h9,13H,2-8H2,1H3/t9-/m1/s1. The monoisotopic (exact) mass is 277 g/mol. The highest BCUT2D eigenvalue weighted by atomic mass is 32.2. The number of ether oxygens (including phenoxy) is 1. The average Bonchev–Trinajstić information content (AvgIpc) is 2.55. The van der Waals surface area contributed by atoms with E-state index in [2.05, 4.69) is 0 Å². The minimum Gasteiger partial charge on any atom is -0.462 e. The maximum absolute atomic E-state index is 11.9. The van der Waals surface area contributed by atoms with E-state index in [-0.39, 0.29) is 18.7 Å². The predicted molar refractivity (Wildman–Crippen MR) is 64.3 cm³/mol. The van der Waals surface area contributed by atoms with Crippen molar-refractivity contribution in [1.29, 1.82) is 0 Å². The topological polar surface area (TPSA) is 83.9 Å². The van der Waals surface area contributed by atoms with Crippen molar-refractivity contribution in [3.8, 4) is 0 Å². The van der Waals surface area contributed by atoms with E-state index in [1.807, 2.05) is 0 Å². The first-order chi connectivity index (χ1) is 8.37. The summed E-state index contributed by atoms with van der Waals surface area (Å²) in [5, 5.41) is 8.87. The van der Waals surface area contributed by atoms with E-state index in [1.165, 1.54) is 10.6 Å². The van der Waals surface area contributed by atoms with Crippen LogP contribution in [0.15, 0.2) is 0 Å². The molecule has 18 heavy (non-hydrogen) atoms. The van der Waals surface area contributed by atoms with Gasteiger partial charge in [-0.2, -0.15) is 0 Å². The Kier molecular flexibility index (Phi) is 3.66. The molecule has 0 bridgehead atoms. The van der Waals surface area contributed by atoms with Crippen LogP contribution >= 0.6 is 0 Å². The van der Waals surface area contributed by atoms with Gasteiger partial charge in [0.15, 0.2) is 0 Å². The van der Waals surface area contributed by atoms with E-state index in [0.717, 1.165) is 0 Å². The largest absolute Gasteiger partial charge is 0.462 e. The molecular weight excluding hydrogens is 258 g/mol. The molecule has 6 nitrogen and oxygen atoms in total. The third-order valence-corrected chi connectivity index (χ3v) is 5.23. The SMILES string of the molecule is CS(=O)(=O)N1CCC2(CC1)C[C@@H](CCO)OC2=O. The van der Waals surface area contributed by atoms with Crippen molar-refractivity contribution < 1.29 is 23.1 Å². The number of nitrogens with zero attached hydrogens (tertiary/aromatic N) is 1. The molecule has 0 amide bonds. The van der Waals surface area contributed by atoms with Gasteiger partial charge < -0.3 is 9.84 Å². The van der Waals surface area contributed by atoms with Crippen molar-refractivity contribution in [3.05, 3.63) is 0 Å². The van der Waals surface area contributed by atoms with Gasteiger partial charge in [-0.1, -0.05) is 0 Å². The number of rotatable bonds is 3. The van der Waals surface area contributed by atoms with E-state index in [0.29, 0.717) is 38.8 Å². The first-order valence-electron chi connectivity index (χ1n) is 6.14. The number of piperidine rings is 1. The summed E-state index contributed by atoms with van der Waals surface area (Å²) in [6.45, 7) is 0.753. The lowest BCUT2D eigenvalue weighted by Gasteiger charge is -2.35. The van der Waals surface area contributed by atoms with E-state index >= 15 is 0 Å². The molecule has 2 aliphatic heterocycles. The predicted octanol–water partition coefficient (Wildman–Crippen LogP) is -0.274. The summed E-state index contributed by atoms with van der Waals surface area (Å²) in [4.78, 5) is 11.9. The van der Waals surface area contributed by atoms with Gasteiger partial charge in [-0.15, -0.1) is 0 Å². The van der Waals surface area contributed by atoms with E-state index < -0.39 is 15.4 Å². The number of carbonyl (C=O) groups is 1. The number of cyclic esters (lactones) is 1. The first kappa shape index (κ1) is 13.8. The molecule has 1 spiro atoms. The summed E-state index contributed by atoms with van der Waals surface area (Å²) in [6, 6.07) is 0. The van der Waals surface area contributed by atoms with Gasteiger partial charge in [0.2, 0.25) is 10.0 Å². The lowest BCUT2D eigenvalue weighted by atomic mass is 9.76. The Labute approximate surface area is 107 Å². The van der Waals surface area contributed by atoms with Gasteiger partial charge >= 0.3 is 5.97 Å². The van der Waals surface area contributed by atoms with E-state index in [4.69, 9.17) is 9.84 Å². The van der Waals surface area contributed by atoms with Crippen LogP contribution in [0.25, 0.3) is 0 Å². The Hall–Kier alpha value is -0.660. The molecule has 7 heteroatoms. The van der Waals surface area contributed by atoms with Gasteiger partial charge in [-0.25, -0.2) is 12.7 Å². The molecule has 0 radical (unpaired) electrons. The highest BCUT2D eigenvalue weighted by Crippen LogP contribution is 2.44. The second kappa shape index (κ2) is 4.79. The maximum Gasteiger partial charge on any atom is 0.312 e. The second-order valence-electron chi connectivity index (χ2n) is 5.19. The first-order valence-corrected chi connectivity index (χ1v) is 7.99. The Bertz CT molecular complexity index is 425.